The molecule has 1 fully saturated rings. The van der Waals surface area contributed by atoms with Gasteiger partial charge in [0.2, 0.25) is 0 Å². The summed E-state index contributed by atoms with van der Waals surface area (Å²) in [6.07, 6.45) is 4.10. The zero-order valence-corrected chi connectivity index (χ0v) is 18.3. The van der Waals surface area contributed by atoms with Crippen molar-refractivity contribution >= 4 is 22.7 Å². The molecule has 2 N–H and O–H groups in total. The Morgan fingerprint density at radius 3 is 2.71 bits per heavy atom. The van der Waals surface area contributed by atoms with E-state index < -0.39 is 0 Å². The second-order valence-electron chi connectivity index (χ2n) is 8.20. The van der Waals surface area contributed by atoms with Gasteiger partial charge in [-0.05, 0) is 37.6 Å². The Kier molecular flexibility index (Phi) is 5.26. The number of aryl methyl sites for hydroxylation is 2. The monoisotopic (exact) mass is 416 g/mol. The smallest absolute Gasteiger partial charge is 0.146 e. The first-order chi connectivity index (χ1) is 15.1. The lowest BCUT2D eigenvalue weighted by atomic mass is 10.1. The number of morpholine rings is 1. The van der Waals surface area contributed by atoms with Gasteiger partial charge >= 0.3 is 0 Å². The summed E-state index contributed by atoms with van der Waals surface area (Å²) < 4.78 is 11.2. The normalized spacial score (nSPS) is 18.6. The number of methoxy groups -OCH3 is 1. The summed E-state index contributed by atoms with van der Waals surface area (Å²) in [5.74, 6) is 0.776. The first-order valence-electron chi connectivity index (χ1n) is 10.7. The summed E-state index contributed by atoms with van der Waals surface area (Å²) in [6.45, 7) is 8.49. The average molecular weight is 417 g/mol. The quantitative estimate of drug-likeness (QED) is 0.651. The van der Waals surface area contributed by atoms with E-state index in [0.29, 0.717) is 0 Å². The van der Waals surface area contributed by atoms with Crippen molar-refractivity contribution in [2.75, 3.05) is 33.4 Å². The van der Waals surface area contributed by atoms with Crippen LogP contribution in [0.25, 0.3) is 17.0 Å². The lowest BCUT2D eigenvalue weighted by Gasteiger charge is -2.26. The fraction of sp³-hybridized carbons (Fsp3) is 0.320. The van der Waals surface area contributed by atoms with Crippen LogP contribution in [0.15, 0.2) is 52.9 Å². The van der Waals surface area contributed by atoms with Crippen molar-refractivity contribution in [3.8, 4) is 0 Å². The maximum atomic E-state index is 5.68. The van der Waals surface area contributed by atoms with E-state index in [9.17, 15) is 0 Å². The first-order valence-corrected chi connectivity index (χ1v) is 10.7. The SMILES string of the molecule is COC1=CC(c2[nH]c3ccccc3c2CN2CCOCC2)=N/C1=C\c1[nH]c(C)cc1C. The van der Waals surface area contributed by atoms with Crippen LogP contribution in [0.1, 0.15) is 28.2 Å². The minimum Gasteiger partial charge on any atom is -0.494 e. The first kappa shape index (κ1) is 19.8. The maximum absolute atomic E-state index is 5.68. The Hall–Kier alpha value is -3.09. The van der Waals surface area contributed by atoms with Gasteiger partial charge in [0.1, 0.15) is 11.5 Å². The highest BCUT2D eigenvalue weighted by Gasteiger charge is 2.24. The standard InChI is InChI=1S/C25H28N4O2/c1-16-12-17(2)26-21(16)13-22-24(30-3)14-23(27-22)25-19(15-29-8-10-31-11-9-29)18-6-4-5-7-20(18)28-25/h4-7,12-14,26,28H,8-11,15H2,1-3H3/b22-13-. The van der Waals surface area contributed by atoms with E-state index >= 15 is 0 Å². The fourth-order valence-electron chi connectivity index (χ4n) is 4.41. The molecule has 2 aliphatic rings. The lowest BCUT2D eigenvalue weighted by Crippen LogP contribution is -2.35. The van der Waals surface area contributed by atoms with Crippen molar-refractivity contribution in [3.63, 3.8) is 0 Å². The molecule has 3 aromatic rings. The van der Waals surface area contributed by atoms with E-state index in [1.54, 1.807) is 7.11 Å². The molecule has 1 aromatic carbocycles. The van der Waals surface area contributed by atoms with Gasteiger partial charge in [-0.1, -0.05) is 18.2 Å². The van der Waals surface area contributed by atoms with Crippen molar-refractivity contribution in [2.45, 2.75) is 20.4 Å². The number of nitrogens with one attached hydrogen (secondary N) is 2. The number of benzene rings is 1. The Bertz CT molecular complexity index is 1210. The van der Waals surface area contributed by atoms with Gasteiger partial charge in [-0.15, -0.1) is 0 Å². The van der Waals surface area contributed by atoms with Crippen molar-refractivity contribution in [1.29, 1.82) is 0 Å². The number of H-pyrrole nitrogens is 2. The number of aromatic nitrogens is 2. The number of ether oxygens (including phenoxy) is 2. The fourth-order valence-corrected chi connectivity index (χ4v) is 4.41. The third-order valence-electron chi connectivity index (χ3n) is 6.01. The number of rotatable bonds is 5. The molecule has 0 atom stereocenters. The van der Waals surface area contributed by atoms with Crippen LogP contribution in [0, 0.1) is 13.8 Å². The van der Waals surface area contributed by atoms with E-state index in [4.69, 9.17) is 14.5 Å². The van der Waals surface area contributed by atoms with Crippen LogP contribution in [-0.4, -0.2) is 54.0 Å². The molecule has 0 radical (unpaired) electrons. The Morgan fingerprint density at radius 2 is 1.97 bits per heavy atom. The number of fused-ring (bicyclic) bond motifs is 1. The molecule has 6 nitrogen and oxygen atoms in total. The van der Waals surface area contributed by atoms with Crippen LogP contribution in [-0.2, 0) is 16.0 Å². The Balaban J connectivity index is 1.57. The van der Waals surface area contributed by atoms with E-state index in [0.717, 1.165) is 72.6 Å². The van der Waals surface area contributed by atoms with E-state index in [1.807, 2.05) is 6.08 Å². The zero-order valence-electron chi connectivity index (χ0n) is 18.3. The highest BCUT2D eigenvalue weighted by Crippen LogP contribution is 2.30. The molecule has 0 unspecified atom stereocenters. The van der Waals surface area contributed by atoms with Gasteiger partial charge in [0.25, 0.3) is 0 Å². The highest BCUT2D eigenvalue weighted by atomic mass is 16.5. The van der Waals surface area contributed by atoms with Gasteiger partial charge in [-0.2, -0.15) is 0 Å². The molecule has 31 heavy (non-hydrogen) atoms. The van der Waals surface area contributed by atoms with Crippen molar-refractivity contribution in [3.05, 3.63) is 76.1 Å². The van der Waals surface area contributed by atoms with Gasteiger partial charge in [-0.3, -0.25) is 4.90 Å². The number of para-hydroxylation sites is 1. The summed E-state index contributed by atoms with van der Waals surface area (Å²) in [4.78, 5) is 14.4. The molecular weight excluding hydrogens is 388 g/mol. The topological polar surface area (TPSA) is 65.6 Å². The Morgan fingerprint density at radius 1 is 1.16 bits per heavy atom. The van der Waals surface area contributed by atoms with Crippen molar-refractivity contribution < 1.29 is 9.47 Å². The minimum absolute atomic E-state index is 0.776. The molecule has 0 amide bonds. The summed E-state index contributed by atoms with van der Waals surface area (Å²) in [5.41, 5.74) is 8.60. The van der Waals surface area contributed by atoms with Gasteiger partial charge in [0, 0.05) is 53.6 Å². The average Bonchev–Trinajstić information content (AvgIpc) is 3.44. The predicted octanol–water partition coefficient (Wildman–Crippen LogP) is 4.32. The predicted molar refractivity (Wildman–Crippen MR) is 124 cm³/mol. The molecule has 5 rings (SSSR count). The van der Waals surface area contributed by atoms with Crippen LogP contribution in [0.5, 0.6) is 0 Å². The maximum Gasteiger partial charge on any atom is 0.146 e. The molecule has 6 heteroatoms. The molecule has 1 saturated heterocycles. The van der Waals surface area contributed by atoms with Gasteiger partial charge < -0.3 is 19.4 Å². The number of aliphatic imine (C=N–C) groups is 1. The molecule has 4 heterocycles. The summed E-state index contributed by atoms with van der Waals surface area (Å²) in [5, 5.41) is 1.24. The molecule has 2 aliphatic heterocycles. The number of aromatic amines is 2. The highest BCUT2D eigenvalue weighted by molar-refractivity contribution is 6.14. The van der Waals surface area contributed by atoms with Gasteiger partial charge in [0.05, 0.1) is 31.7 Å². The summed E-state index contributed by atoms with van der Waals surface area (Å²) >= 11 is 0. The van der Waals surface area contributed by atoms with E-state index in [2.05, 4.69) is 65.1 Å². The summed E-state index contributed by atoms with van der Waals surface area (Å²) in [6, 6.07) is 10.6. The van der Waals surface area contributed by atoms with E-state index in [1.165, 1.54) is 16.5 Å². The van der Waals surface area contributed by atoms with Crippen LogP contribution >= 0.6 is 0 Å². The number of allylic oxidation sites excluding steroid dienone is 1. The number of hydrogen-bond donors (Lipinski definition) is 2. The van der Waals surface area contributed by atoms with Crippen molar-refractivity contribution in [1.82, 2.24) is 14.9 Å². The second kappa shape index (κ2) is 8.21. The molecule has 2 aromatic heterocycles. The molecule has 160 valence electrons. The Labute approximate surface area is 182 Å². The molecule has 0 spiro atoms. The number of nitrogens with zero attached hydrogens (tertiary/aromatic N) is 2. The zero-order chi connectivity index (χ0) is 21.4. The van der Waals surface area contributed by atoms with E-state index in [-0.39, 0.29) is 0 Å². The largest absolute Gasteiger partial charge is 0.494 e. The van der Waals surface area contributed by atoms with Gasteiger partial charge in [0.15, 0.2) is 0 Å². The van der Waals surface area contributed by atoms with Crippen LogP contribution in [0.2, 0.25) is 0 Å². The van der Waals surface area contributed by atoms with Crippen LogP contribution < -0.4 is 0 Å². The molecule has 0 saturated carbocycles. The molecular formula is C25H28N4O2. The third kappa shape index (κ3) is 3.84. The summed E-state index contributed by atoms with van der Waals surface area (Å²) in [7, 11) is 1.70. The number of hydrogen-bond acceptors (Lipinski definition) is 4. The van der Waals surface area contributed by atoms with Gasteiger partial charge in [-0.25, -0.2) is 4.99 Å². The second-order valence-corrected chi connectivity index (χ2v) is 8.20. The molecule has 0 aliphatic carbocycles. The van der Waals surface area contributed by atoms with Crippen LogP contribution in [0.3, 0.4) is 0 Å². The van der Waals surface area contributed by atoms with Crippen molar-refractivity contribution in [2.24, 2.45) is 4.99 Å². The van der Waals surface area contributed by atoms with Crippen LogP contribution in [0.4, 0.5) is 0 Å². The minimum atomic E-state index is 0.776. The molecule has 0 bridgehead atoms. The third-order valence-corrected chi connectivity index (χ3v) is 6.01. The lowest BCUT2D eigenvalue weighted by molar-refractivity contribution is 0.0343.